The highest BCUT2D eigenvalue weighted by Crippen LogP contribution is 2.22. The Morgan fingerprint density at radius 1 is 1.26 bits per heavy atom. The molecule has 2 aromatic rings. The maximum atomic E-state index is 11.6. The second kappa shape index (κ2) is 5.65. The number of carbonyl (C=O) groups excluding carboxylic acids is 1. The Balaban J connectivity index is 2.50. The van der Waals surface area contributed by atoms with Gasteiger partial charge in [0.25, 0.3) is 0 Å². The number of rotatable bonds is 4. The van der Waals surface area contributed by atoms with E-state index in [1.54, 1.807) is 20.1 Å². The fraction of sp³-hybridized carbons (Fsp3) is 0.357. The van der Waals surface area contributed by atoms with Gasteiger partial charge in [-0.2, -0.15) is 0 Å². The number of aromatic nitrogens is 2. The number of nitrogens with zero attached hydrogens (tertiary/aromatic N) is 2. The zero-order valence-electron chi connectivity index (χ0n) is 11.3. The van der Waals surface area contributed by atoms with Gasteiger partial charge in [-0.15, -0.1) is 0 Å². The normalized spacial score (nSPS) is 10.5. The maximum absolute atomic E-state index is 11.6. The number of hydrogen-bond donors (Lipinski definition) is 0. The molecule has 5 nitrogen and oxygen atoms in total. The minimum Gasteiger partial charge on any atom is -0.481 e. The van der Waals surface area contributed by atoms with Crippen molar-refractivity contribution in [1.82, 2.24) is 9.97 Å². The monoisotopic (exact) mass is 260 g/mol. The van der Waals surface area contributed by atoms with E-state index in [-0.39, 0.29) is 0 Å². The van der Waals surface area contributed by atoms with Crippen molar-refractivity contribution in [2.45, 2.75) is 20.3 Å². The molecule has 2 heterocycles. The second-order valence-electron chi connectivity index (χ2n) is 3.99. The van der Waals surface area contributed by atoms with Crippen LogP contribution in [-0.2, 0) is 11.2 Å². The predicted octanol–water partition coefficient (Wildman–Crippen LogP) is 2.38. The molecule has 0 saturated carbocycles. The quantitative estimate of drug-likeness (QED) is 0.790. The maximum Gasteiger partial charge on any atom is 0.339 e. The molecule has 0 unspecified atom stereocenters. The molecule has 0 aliphatic rings. The van der Waals surface area contributed by atoms with E-state index in [1.165, 1.54) is 6.20 Å². The summed E-state index contributed by atoms with van der Waals surface area (Å²) < 4.78 is 10.2. The first-order chi connectivity index (χ1) is 9.19. The van der Waals surface area contributed by atoms with E-state index < -0.39 is 5.97 Å². The van der Waals surface area contributed by atoms with Crippen LogP contribution in [0.1, 0.15) is 29.8 Å². The molecule has 0 bridgehead atoms. The van der Waals surface area contributed by atoms with Crippen molar-refractivity contribution in [2.24, 2.45) is 0 Å². The molecule has 0 spiro atoms. The smallest absolute Gasteiger partial charge is 0.339 e. The van der Waals surface area contributed by atoms with Gasteiger partial charge in [0, 0.05) is 11.8 Å². The summed E-state index contributed by atoms with van der Waals surface area (Å²) in [5.74, 6) is 0.176. The fourth-order valence-corrected chi connectivity index (χ4v) is 1.83. The van der Waals surface area contributed by atoms with Gasteiger partial charge in [0.2, 0.25) is 5.88 Å². The lowest BCUT2D eigenvalue weighted by Crippen LogP contribution is -2.05. The van der Waals surface area contributed by atoms with Crippen LogP contribution in [0.2, 0.25) is 0 Å². The molecule has 0 aliphatic carbocycles. The third-order valence-electron chi connectivity index (χ3n) is 2.79. The molecule has 0 atom stereocenters. The molecule has 100 valence electrons. The standard InChI is InChI=1S/C14H16N2O3/c1-4-9-6-11-12(16-13(9)18-3)7-10(8-15-11)14(17)19-5-2/h6-8H,4-5H2,1-3H3. The summed E-state index contributed by atoms with van der Waals surface area (Å²) in [6, 6.07) is 3.60. The first-order valence-electron chi connectivity index (χ1n) is 6.20. The van der Waals surface area contributed by atoms with Crippen molar-refractivity contribution in [1.29, 1.82) is 0 Å². The molecule has 2 aromatic heterocycles. The third-order valence-corrected chi connectivity index (χ3v) is 2.79. The van der Waals surface area contributed by atoms with Crippen LogP contribution in [-0.4, -0.2) is 29.7 Å². The Bertz CT molecular complexity index is 611. The van der Waals surface area contributed by atoms with Crippen LogP contribution < -0.4 is 4.74 Å². The number of esters is 1. The molecule has 0 saturated heterocycles. The van der Waals surface area contributed by atoms with Gasteiger partial charge in [-0.1, -0.05) is 6.92 Å². The average molecular weight is 260 g/mol. The van der Waals surface area contributed by atoms with Gasteiger partial charge in [0.05, 0.1) is 30.3 Å². The van der Waals surface area contributed by atoms with Crippen molar-refractivity contribution < 1.29 is 14.3 Å². The van der Waals surface area contributed by atoms with Crippen LogP contribution in [0.15, 0.2) is 18.3 Å². The topological polar surface area (TPSA) is 61.3 Å². The Labute approximate surface area is 111 Å². The molecule has 0 radical (unpaired) electrons. The first kappa shape index (κ1) is 13.3. The van der Waals surface area contributed by atoms with Crippen molar-refractivity contribution in [3.05, 3.63) is 29.5 Å². The van der Waals surface area contributed by atoms with Crippen molar-refractivity contribution in [3.8, 4) is 5.88 Å². The lowest BCUT2D eigenvalue weighted by Gasteiger charge is -2.08. The Kier molecular flexibility index (Phi) is 3.94. The molecule has 0 aromatic carbocycles. The summed E-state index contributed by atoms with van der Waals surface area (Å²) >= 11 is 0. The summed E-state index contributed by atoms with van der Waals surface area (Å²) in [4.78, 5) is 20.3. The minimum atomic E-state index is -0.391. The van der Waals surface area contributed by atoms with Crippen LogP contribution in [0.3, 0.4) is 0 Å². The molecule has 0 amide bonds. The summed E-state index contributed by atoms with van der Waals surface area (Å²) in [6.07, 6.45) is 2.32. The van der Waals surface area contributed by atoms with Gasteiger partial charge in [0.1, 0.15) is 0 Å². The van der Waals surface area contributed by atoms with E-state index in [4.69, 9.17) is 9.47 Å². The largest absolute Gasteiger partial charge is 0.481 e. The number of methoxy groups -OCH3 is 1. The van der Waals surface area contributed by atoms with Crippen molar-refractivity contribution in [3.63, 3.8) is 0 Å². The van der Waals surface area contributed by atoms with Crippen molar-refractivity contribution >= 4 is 17.0 Å². The van der Waals surface area contributed by atoms with E-state index in [0.29, 0.717) is 23.6 Å². The molecule has 0 aliphatic heterocycles. The number of fused-ring (bicyclic) bond motifs is 1. The number of pyridine rings is 2. The molecular formula is C14H16N2O3. The van der Waals surface area contributed by atoms with Gasteiger partial charge in [0.15, 0.2) is 0 Å². The summed E-state index contributed by atoms with van der Waals surface area (Å²) in [5.41, 5.74) is 2.75. The van der Waals surface area contributed by atoms with Crippen LogP contribution in [0.25, 0.3) is 11.0 Å². The number of aryl methyl sites for hydroxylation is 1. The molecule has 0 N–H and O–H groups in total. The van der Waals surface area contributed by atoms with E-state index >= 15 is 0 Å². The van der Waals surface area contributed by atoms with Crippen LogP contribution >= 0.6 is 0 Å². The van der Waals surface area contributed by atoms with Crippen LogP contribution in [0.5, 0.6) is 5.88 Å². The third kappa shape index (κ3) is 2.65. The van der Waals surface area contributed by atoms with E-state index in [2.05, 4.69) is 9.97 Å². The number of hydrogen-bond acceptors (Lipinski definition) is 5. The molecule has 2 rings (SSSR count). The zero-order chi connectivity index (χ0) is 13.8. The summed E-state index contributed by atoms with van der Waals surface area (Å²) in [7, 11) is 1.58. The molecule has 5 heteroatoms. The SMILES string of the molecule is CCOC(=O)c1cnc2cc(CC)c(OC)nc2c1. The van der Waals surface area contributed by atoms with E-state index in [1.807, 2.05) is 13.0 Å². The predicted molar refractivity (Wildman–Crippen MR) is 71.4 cm³/mol. The highest BCUT2D eigenvalue weighted by molar-refractivity contribution is 5.92. The van der Waals surface area contributed by atoms with Crippen molar-refractivity contribution in [2.75, 3.05) is 13.7 Å². The first-order valence-corrected chi connectivity index (χ1v) is 6.20. The van der Waals surface area contributed by atoms with E-state index in [9.17, 15) is 4.79 Å². The molecule has 19 heavy (non-hydrogen) atoms. The average Bonchev–Trinajstić information content (AvgIpc) is 2.45. The Hall–Kier alpha value is -2.17. The highest BCUT2D eigenvalue weighted by Gasteiger charge is 2.11. The molecular weight excluding hydrogens is 244 g/mol. The molecule has 0 fully saturated rings. The van der Waals surface area contributed by atoms with Gasteiger partial charge in [-0.3, -0.25) is 4.98 Å². The highest BCUT2D eigenvalue weighted by atomic mass is 16.5. The number of carbonyl (C=O) groups is 1. The Morgan fingerprint density at radius 3 is 2.68 bits per heavy atom. The number of ether oxygens (including phenoxy) is 2. The minimum absolute atomic E-state index is 0.336. The van der Waals surface area contributed by atoms with Crippen LogP contribution in [0.4, 0.5) is 0 Å². The summed E-state index contributed by atoms with van der Waals surface area (Å²) in [6.45, 7) is 4.13. The van der Waals surface area contributed by atoms with Gasteiger partial charge < -0.3 is 9.47 Å². The van der Waals surface area contributed by atoms with Crippen LogP contribution in [0, 0.1) is 0 Å². The Morgan fingerprint density at radius 2 is 2.05 bits per heavy atom. The summed E-state index contributed by atoms with van der Waals surface area (Å²) in [5, 5.41) is 0. The van der Waals surface area contributed by atoms with Gasteiger partial charge in [-0.05, 0) is 25.5 Å². The lowest BCUT2D eigenvalue weighted by molar-refractivity contribution is 0.0526. The fourth-order valence-electron chi connectivity index (χ4n) is 1.83. The zero-order valence-corrected chi connectivity index (χ0v) is 11.3. The van der Waals surface area contributed by atoms with Gasteiger partial charge in [-0.25, -0.2) is 9.78 Å². The van der Waals surface area contributed by atoms with E-state index in [0.717, 1.165) is 17.5 Å². The lowest BCUT2D eigenvalue weighted by atomic mass is 10.1. The van der Waals surface area contributed by atoms with Gasteiger partial charge >= 0.3 is 5.97 Å². The second-order valence-corrected chi connectivity index (χ2v) is 3.99.